The molecule has 1 aromatic rings. The van der Waals surface area contributed by atoms with Gasteiger partial charge in [-0.1, -0.05) is 11.6 Å². The monoisotopic (exact) mass is 272 g/mol. The van der Waals surface area contributed by atoms with Gasteiger partial charge in [-0.25, -0.2) is 4.79 Å². The van der Waals surface area contributed by atoms with Gasteiger partial charge in [-0.3, -0.25) is 9.59 Å². The SMILES string of the molecule is COc1c(C(=O)C(=O)O)cc(Cl)c(C=O)c1OC. The van der Waals surface area contributed by atoms with E-state index in [2.05, 4.69) is 0 Å². The van der Waals surface area contributed by atoms with Crippen molar-refractivity contribution in [3.05, 3.63) is 22.2 Å². The lowest BCUT2D eigenvalue weighted by Gasteiger charge is -2.13. The predicted molar refractivity (Wildman–Crippen MR) is 61.9 cm³/mol. The van der Waals surface area contributed by atoms with Crippen LogP contribution in [0.1, 0.15) is 20.7 Å². The van der Waals surface area contributed by atoms with Gasteiger partial charge in [0, 0.05) is 0 Å². The number of ketones is 1. The highest BCUT2D eigenvalue weighted by Gasteiger charge is 2.26. The van der Waals surface area contributed by atoms with E-state index in [4.69, 9.17) is 26.2 Å². The Balaban J connectivity index is 3.64. The van der Waals surface area contributed by atoms with Crippen LogP contribution in [-0.2, 0) is 4.79 Å². The third-order valence-corrected chi connectivity index (χ3v) is 2.50. The summed E-state index contributed by atoms with van der Waals surface area (Å²) >= 11 is 5.78. The predicted octanol–water partition coefficient (Wildman–Crippen LogP) is 1.44. The van der Waals surface area contributed by atoms with Gasteiger partial charge in [-0.05, 0) is 6.07 Å². The Kier molecular flexibility index (Phi) is 4.28. The maximum absolute atomic E-state index is 11.5. The highest BCUT2D eigenvalue weighted by molar-refractivity contribution is 6.42. The van der Waals surface area contributed by atoms with Crippen molar-refractivity contribution in [2.24, 2.45) is 0 Å². The van der Waals surface area contributed by atoms with Crippen LogP contribution in [0.25, 0.3) is 0 Å². The van der Waals surface area contributed by atoms with Gasteiger partial charge in [0.1, 0.15) is 0 Å². The molecule has 0 saturated heterocycles. The Morgan fingerprint density at radius 3 is 2.22 bits per heavy atom. The fourth-order valence-corrected chi connectivity index (χ4v) is 1.66. The molecule has 18 heavy (non-hydrogen) atoms. The fraction of sp³-hybridized carbons (Fsp3) is 0.182. The number of carbonyl (C=O) groups excluding carboxylic acids is 2. The van der Waals surface area contributed by atoms with E-state index in [1.807, 2.05) is 0 Å². The summed E-state index contributed by atoms with van der Waals surface area (Å²) < 4.78 is 9.83. The van der Waals surface area contributed by atoms with Crippen LogP contribution < -0.4 is 9.47 Å². The van der Waals surface area contributed by atoms with Crippen LogP contribution in [0, 0.1) is 0 Å². The van der Waals surface area contributed by atoms with Gasteiger partial charge in [0.05, 0.1) is 30.4 Å². The summed E-state index contributed by atoms with van der Waals surface area (Å²) in [6.07, 6.45) is 0.429. The Hall–Kier alpha value is -2.08. The van der Waals surface area contributed by atoms with E-state index in [1.165, 1.54) is 14.2 Å². The molecule has 0 amide bonds. The molecule has 0 aliphatic carbocycles. The summed E-state index contributed by atoms with van der Waals surface area (Å²) in [4.78, 5) is 33.0. The number of rotatable bonds is 5. The van der Waals surface area contributed by atoms with Crippen molar-refractivity contribution >= 4 is 29.6 Å². The van der Waals surface area contributed by atoms with Gasteiger partial charge >= 0.3 is 5.97 Å². The molecule has 0 fully saturated rings. The normalized spacial score (nSPS) is 9.72. The number of halogens is 1. The standard InChI is InChI=1S/C11H9ClO6/c1-17-9-5(8(14)11(15)16)3-7(12)6(4-13)10(9)18-2/h3-4H,1-2H3,(H,15,16). The summed E-state index contributed by atoms with van der Waals surface area (Å²) in [6.45, 7) is 0. The van der Waals surface area contributed by atoms with E-state index in [1.54, 1.807) is 0 Å². The minimum atomic E-state index is -1.66. The van der Waals surface area contributed by atoms with Gasteiger partial charge in [0.2, 0.25) is 0 Å². The zero-order valence-electron chi connectivity index (χ0n) is 9.52. The number of carbonyl (C=O) groups is 3. The third-order valence-electron chi connectivity index (χ3n) is 2.19. The lowest BCUT2D eigenvalue weighted by molar-refractivity contribution is -0.131. The summed E-state index contributed by atoms with van der Waals surface area (Å²) in [6, 6.07) is 1.06. The van der Waals surface area contributed by atoms with E-state index in [0.717, 1.165) is 6.07 Å². The molecule has 0 atom stereocenters. The Morgan fingerprint density at radius 2 is 1.83 bits per heavy atom. The van der Waals surface area contributed by atoms with Crippen LogP contribution in [0.4, 0.5) is 0 Å². The van der Waals surface area contributed by atoms with Crippen molar-refractivity contribution in [3.8, 4) is 11.5 Å². The first-order valence-corrected chi connectivity index (χ1v) is 5.03. The lowest BCUT2D eigenvalue weighted by Crippen LogP contribution is -2.15. The first-order valence-electron chi connectivity index (χ1n) is 4.65. The second-order valence-electron chi connectivity index (χ2n) is 3.14. The number of hydrogen-bond acceptors (Lipinski definition) is 5. The van der Waals surface area contributed by atoms with E-state index >= 15 is 0 Å². The van der Waals surface area contributed by atoms with Crippen LogP contribution in [0.2, 0.25) is 5.02 Å². The van der Waals surface area contributed by atoms with Crippen molar-refractivity contribution in [3.63, 3.8) is 0 Å². The molecule has 96 valence electrons. The van der Waals surface area contributed by atoms with Crippen LogP contribution >= 0.6 is 11.6 Å². The topological polar surface area (TPSA) is 89.9 Å². The molecule has 0 bridgehead atoms. The van der Waals surface area contributed by atoms with Crippen molar-refractivity contribution < 1.29 is 29.0 Å². The molecule has 0 unspecified atom stereocenters. The minimum Gasteiger partial charge on any atom is -0.492 e. The number of aliphatic carboxylic acids is 1. The average Bonchev–Trinajstić information content (AvgIpc) is 2.35. The Morgan fingerprint density at radius 1 is 1.28 bits per heavy atom. The maximum Gasteiger partial charge on any atom is 0.377 e. The molecule has 0 spiro atoms. The molecule has 0 aromatic heterocycles. The molecule has 0 heterocycles. The molecule has 0 aliphatic heterocycles. The summed E-state index contributed by atoms with van der Waals surface area (Å²) in [5.74, 6) is -3.09. The lowest BCUT2D eigenvalue weighted by atomic mass is 10.1. The summed E-state index contributed by atoms with van der Waals surface area (Å²) in [5.41, 5.74) is -0.296. The number of hydrogen-bond donors (Lipinski definition) is 1. The van der Waals surface area contributed by atoms with Crippen LogP contribution in [0.15, 0.2) is 6.07 Å². The quantitative estimate of drug-likeness (QED) is 0.495. The number of aldehydes is 1. The second-order valence-corrected chi connectivity index (χ2v) is 3.55. The van der Waals surface area contributed by atoms with Crippen molar-refractivity contribution in [1.82, 2.24) is 0 Å². The molecule has 1 aromatic carbocycles. The van der Waals surface area contributed by atoms with Crippen molar-refractivity contribution in [2.75, 3.05) is 14.2 Å². The molecule has 1 rings (SSSR count). The highest BCUT2D eigenvalue weighted by atomic mass is 35.5. The number of ether oxygens (including phenoxy) is 2. The molecular formula is C11H9ClO6. The number of carboxylic acids is 1. The van der Waals surface area contributed by atoms with Crippen LogP contribution in [-0.4, -0.2) is 37.4 Å². The maximum atomic E-state index is 11.5. The van der Waals surface area contributed by atoms with Crippen LogP contribution in [0.3, 0.4) is 0 Å². The Labute approximate surface area is 107 Å². The number of methoxy groups -OCH3 is 2. The number of carboxylic acid groups (broad SMARTS) is 1. The highest BCUT2D eigenvalue weighted by Crippen LogP contribution is 2.38. The first kappa shape index (κ1) is 14.0. The molecule has 0 aliphatic rings. The van der Waals surface area contributed by atoms with E-state index in [0.29, 0.717) is 6.29 Å². The van der Waals surface area contributed by atoms with Gasteiger partial charge in [-0.15, -0.1) is 0 Å². The third kappa shape index (κ3) is 2.28. The van der Waals surface area contributed by atoms with Gasteiger partial charge in [-0.2, -0.15) is 0 Å². The zero-order valence-corrected chi connectivity index (χ0v) is 10.3. The van der Waals surface area contributed by atoms with Crippen molar-refractivity contribution in [1.29, 1.82) is 0 Å². The average molecular weight is 273 g/mol. The first-order chi connectivity index (χ1) is 8.47. The molecule has 0 saturated carbocycles. The van der Waals surface area contributed by atoms with Gasteiger partial charge < -0.3 is 14.6 Å². The largest absolute Gasteiger partial charge is 0.492 e. The number of Topliss-reactive ketones (excluding diaryl/α,β-unsaturated/α-hetero) is 1. The molecule has 6 nitrogen and oxygen atoms in total. The van der Waals surface area contributed by atoms with E-state index in [-0.39, 0.29) is 27.6 Å². The summed E-state index contributed by atoms with van der Waals surface area (Å²) in [7, 11) is 2.47. The zero-order chi connectivity index (χ0) is 13.9. The molecule has 0 radical (unpaired) electrons. The molecule has 7 heteroatoms. The van der Waals surface area contributed by atoms with Gasteiger partial charge in [0.15, 0.2) is 17.8 Å². The van der Waals surface area contributed by atoms with Gasteiger partial charge in [0.25, 0.3) is 5.78 Å². The Bertz CT molecular complexity index is 523. The van der Waals surface area contributed by atoms with Crippen molar-refractivity contribution in [2.45, 2.75) is 0 Å². The molecule has 1 N–H and O–H groups in total. The smallest absolute Gasteiger partial charge is 0.377 e. The summed E-state index contributed by atoms with van der Waals surface area (Å²) in [5, 5.41) is 8.59. The second kappa shape index (κ2) is 5.50. The fourth-order valence-electron chi connectivity index (χ4n) is 1.42. The van der Waals surface area contributed by atoms with E-state index in [9.17, 15) is 14.4 Å². The minimum absolute atomic E-state index is 0.0158. The number of benzene rings is 1. The molecular weight excluding hydrogens is 264 g/mol. The van der Waals surface area contributed by atoms with Crippen LogP contribution in [0.5, 0.6) is 11.5 Å². The van der Waals surface area contributed by atoms with E-state index < -0.39 is 11.8 Å².